The van der Waals surface area contributed by atoms with E-state index in [1.165, 1.54) is 0 Å². The highest BCUT2D eigenvalue weighted by Crippen LogP contribution is 2.29. The molecule has 74 valence electrons. The lowest BCUT2D eigenvalue weighted by molar-refractivity contribution is 0.787. The summed E-state index contributed by atoms with van der Waals surface area (Å²) in [5, 5.41) is 3.90. The first kappa shape index (κ1) is 9.34. The van der Waals surface area contributed by atoms with Gasteiger partial charge in [-0.05, 0) is 12.8 Å². The number of nitrogens with one attached hydrogen (secondary N) is 1. The summed E-state index contributed by atoms with van der Waals surface area (Å²) in [5.74, 6) is 0. The van der Waals surface area contributed by atoms with Crippen molar-refractivity contribution in [2.45, 2.75) is 18.9 Å². The molecule has 0 saturated carbocycles. The first-order chi connectivity index (χ1) is 6.77. The molecule has 0 bridgehead atoms. The fraction of sp³-hybridized carbons (Fsp3) is 0.300. The van der Waals surface area contributed by atoms with Gasteiger partial charge in [-0.3, -0.25) is 4.98 Å². The maximum Gasteiger partial charge on any atom is 0.0841 e. The molecule has 1 aliphatic carbocycles. The van der Waals surface area contributed by atoms with E-state index in [0.29, 0.717) is 16.8 Å². The van der Waals surface area contributed by atoms with Gasteiger partial charge in [0.25, 0.3) is 0 Å². The predicted octanol–water partition coefficient (Wildman–Crippen LogP) is 2.45. The summed E-state index contributed by atoms with van der Waals surface area (Å²) in [6.07, 6.45) is 9.57. The molecule has 0 amide bonds. The van der Waals surface area contributed by atoms with Crippen molar-refractivity contribution in [2.24, 2.45) is 0 Å². The van der Waals surface area contributed by atoms with Gasteiger partial charge in [-0.25, -0.2) is 0 Å². The van der Waals surface area contributed by atoms with Crippen molar-refractivity contribution in [1.29, 1.82) is 0 Å². The molecule has 1 aromatic rings. The first-order valence-electron chi connectivity index (χ1n) is 4.58. The van der Waals surface area contributed by atoms with Gasteiger partial charge < -0.3 is 11.1 Å². The molecule has 0 spiro atoms. The van der Waals surface area contributed by atoms with Crippen LogP contribution in [0.4, 0.5) is 11.4 Å². The van der Waals surface area contributed by atoms with Gasteiger partial charge in [0.15, 0.2) is 0 Å². The van der Waals surface area contributed by atoms with E-state index in [9.17, 15) is 0 Å². The molecule has 14 heavy (non-hydrogen) atoms. The smallest absolute Gasteiger partial charge is 0.0841 e. The average Bonchev–Trinajstić information content (AvgIpc) is 2.64. The van der Waals surface area contributed by atoms with Crippen molar-refractivity contribution >= 4 is 23.0 Å². The lowest BCUT2D eigenvalue weighted by Gasteiger charge is -2.16. The van der Waals surface area contributed by atoms with Crippen LogP contribution in [0.5, 0.6) is 0 Å². The van der Waals surface area contributed by atoms with E-state index in [1.54, 1.807) is 12.4 Å². The fourth-order valence-electron chi connectivity index (χ4n) is 1.54. The fourth-order valence-corrected chi connectivity index (χ4v) is 1.76. The molecule has 0 fully saturated rings. The zero-order valence-electron chi connectivity index (χ0n) is 7.70. The van der Waals surface area contributed by atoms with Crippen LogP contribution >= 0.6 is 11.6 Å². The third-order valence-corrected chi connectivity index (χ3v) is 2.57. The van der Waals surface area contributed by atoms with Gasteiger partial charge in [0, 0.05) is 12.2 Å². The number of nitrogen functional groups attached to an aromatic ring is 1. The van der Waals surface area contributed by atoms with E-state index >= 15 is 0 Å². The topological polar surface area (TPSA) is 50.9 Å². The Hall–Kier alpha value is -1.22. The van der Waals surface area contributed by atoms with E-state index in [4.69, 9.17) is 17.3 Å². The number of rotatable bonds is 2. The minimum atomic E-state index is 0.414. The maximum absolute atomic E-state index is 5.98. The molecule has 1 aromatic heterocycles. The lowest BCUT2D eigenvalue weighted by atomic mass is 10.2. The molecule has 1 heterocycles. The van der Waals surface area contributed by atoms with Gasteiger partial charge in [0.05, 0.1) is 22.6 Å². The molecule has 3 N–H and O–H groups in total. The zero-order valence-corrected chi connectivity index (χ0v) is 8.46. The summed E-state index contributed by atoms with van der Waals surface area (Å²) in [4.78, 5) is 3.91. The third kappa shape index (κ3) is 1.82. The van der Waals surface area contributed by atoms with E-state index in [1.807, 2.05) is 0 Å². The van der Waals surface area contributed by atoms with E-state index < -0.39 is 0 Å². The van der Waals surface area contributed by atoms with Crippen LogP contribution in [0, 0.1) is 0 Å². The molecule has 0 unspecified atom stereocenters. The van der Waals surface area contributed by atoms with Gasteiger partial charge in [0.2, 0.25) is 0 Å². The maximum atomic E-state index is 5.98. The Labute approximate surface area is 88.0 Å². The number of pyridine rings is 1. The molecular weight excluding hydrogens is 198 g/mol. The highest BCUT2D eigenvalue weighted by Gasteiger charge is 2.13. The summed E-state index contributed by atoms with van der Waals surface area (Å²) in [7, 11) is 0. The molecule has 2 rings (SSSR count). The number of halogens is 1. The Morgan fingerprint density at radius 1 is 1.36 bits per heavy atom. The molecule has 1 aliphatic rings. The highest BCUT2D eigenvalue weighted by molar-refractivity contribution is 6.33. The van der Waals surface area contributed by atoms with Crippen LogP contribution in [0.2, 0.25) is 5.02 Å². The minimum absolute atomic E-state index is 0.414. The van der Waals surface area contributed by atoms with Crippen molar-refractivity contribution < 1.29 is 0 Å². The monoisotopic (exact) mass is 209 g/mol. The summed E-state index contributed by atoms with van der Waals surface area (Å²) in [6.45, 7) is 0. The Balaban J connectivity index is 2.15. The summed E-state index contributed by atoms with van der Waals surface area (Å²) < 4.78 is 0. The molecular formula is C10H12ClN3. The van der Waals surface area contributed by atoms with E-state index in [-0.39, 0.29) is 0 Å². The van der Waals surface area contributed by atoms with Crippen LogP contribution in [-0.4, -0.2) is 11.0 Å². The number of anilines is 2. The van der Waals surface area contributed by atoms with Crippen molar-refractivity contribution in [2.75, 3.05) is 11.1 Å². The van der Waals surface area contributed by atoms with Crippen LogP contribution in [-0.2, 0) is 0 Å². The third-order valence-electron chi connectivity index (χ3n) is 2.29. The van der Waals surface area contributed by atoms with Crippen LogP contribution in [0.25, 0.3) is 0 Å². The second kappa shape index (κ2) is 3.88. The first-order valence-corrected chi connectivity index (χ1v) is 4.95. The molecule has 0 radical (unpaired) electrons. The van der Waals surface area contributed by atoms with Gasteiger partial charge in [-0.2, -0.15) is 0 Å². The van der Waals surface area contributed by atoms with E-state index in [2.05, 4.69) is 22.5 Å². The Kier molecular flexibility index (Phi) is 2.59. The van der Waals surface area contributed by atoms with Crippen molar-refractivity contribution in [3.05, 3.63) is 29.6 Å². The number of hydrogen-bond donors (Lipinski definition) is 2. The molecule has 3 nitrogen and oxygen atoms in total. The van der Waals surface area contributed by atoms with Gasteiger partial charge in [0.1, 0.15) is 0 Å². The molecule has 4 heteroatoms. The quantitative estimate of drug-likeness (QED) is 0.736. The summed E-state index contributed by atoms with van der Waals surface area (Å²) in [5.41, 5.74) is 7.17. The van der Waals surface area contributed by atoms with Gasteiger partial charge in [-0.15, -0.1) is 0 Å². The van der Waals surface area contributed by atoms with Crippen LogP contribution in [0.15, 0.2) is 24.5 Å². The number of hydrogen-bond acceptors (Lipinski definition) is 3. The second-order valence-electron chi connectivity index (χ2n) is 3.37. The van der Waals surface area contributed by atoms with Crippen molar-refractivity contribution in [3.8, 4) is 0 Å². The predicted molar refractivity (Wildman–Crippen MR) is 59.4 cm³/mol. The molecule has 0 saturated heterocycles. The van der Waals surface area contributed by atoms with Crippen LogP contribution in [0.3, 0.4) is 0 Å². The standard InChI is InChI=1S/C10H12ClN3/c11-8-5-13-6-9(12)10(8)14-7-3-1-2-4-7/h1-2,5-7H,3-4,12H2,(H,13,14). The largest absolute Gasteiger partial charge is 0.396 e. The SMILES string of the molecule is Nc1cncc(Cl)c1NC1CC=CC1. The molecule has 0 aromatic carbocycles. The summed E-state index contributed by atoms with van der Waals surface area (Å²) in [6, 6.07) is 0.414. The Morgan fingerprint density at radius 2 is 2.07 bits per heavy atom. The molecule has 0 atom stereocenters. The van der Waals surface area contributed by atoms with Crippen LogP contribution < -0.4 is 11.1 Å². The second-order valence-corrected chi connectivity index (χ2v) is 3.78. The van der Waals surface area contributed by atoms with Crippen LogP contribution in [0.1, 0.15) is 12.8 Å². The van der Waals surface area contributed by atoms with Gasteiger partial charge in [-0.1, -0.05) is 23.8 Å². The zero-order chi connectivity index (χ0) is 9.97. The lowest BCUT2D eigenvalue weighted by Crippen LogP contribution is -2.16. The Morgan fingerprint density at radius 3 is 2.71 bits per heavy atom. The Bertz CT molecular complexity index is 334. The number of nitrogens with two attached hydrogens (primary N) is 1. The molecule has 0 aliphatic heterocycles. The summed E-state index contributed by atoms with van der Waals surface area (Å²) >= 11 is 5.98. The normalized spacial score (nSPS) is 16.1. The van der Waals surface area contributed by atoms with E-state index in [0.717, 1.165) is 18.5 Å². The minimum Gasteiger partial charge on any atom is -0.396 e. The number of nitrogens with zero attached hydrogens (tertiary/aromatic N) is 1. The van der Waals surface area contributed by atoms with Gasteiger partial charge >= 0.3 is 0 Å². The number of aromatic nitrogens is 1. The van der Waals surface area contributed by atoms with Crippen molar-refractivity contribution in [3.63, 3.8) is 0 Å². The average molecular weight is 210 g/mol. The van der Waals surface area contributed by atoms with Crippen molar-refractivity contribution in [1.82, 2.24) is 4.98 Å². The highest BCUT2D eigenvalue weighted by atomic mass is 35.5.